The Bertz CT molecular complexity index is 366. The van der Waals surface area contributed by atoms with Crippen molar-refractivity contribution in [3.05, 3.63) is 0 Å². The number of nitrogens with zero attached hydrogens (tertiary/aromatic N) is 2. The van der Waals surface area contributed by atoms with Crippen molar-refractivity contribution in [3.8, 4) is 6.07 Å². The molecule has 3 nitrogen and oxygen atoms in total. The van der Waals surface area contributed by atoms with Crippen LogP contribution in [0.5, 0.6) is 0 Å². The van der Waals surface area contributed by atoms with Gasteiger partial charge in [-0.05, 0) is 56.4 Å². The molecular formula is C17H30N2O. The minimum absolute atomic E-state index is 0.182. The summed E-state index contributed by atoms with van der Waals surface area (Å²) in [7, 11) is 0. The van der Waals surface area contributed by atoms with Gasteiger partial charge in [0.25, 0.3) is 0 Å². The first-order valence-electron chi connectivity index (χ1n) is 8.14. The Hall–Kier alpha value is -0.590. The minimum Gasteiger partial charge on any atom is -0.393 e. The predicted molar refractivity (Wildman–Crippen MR) is 81.0 cm³/mol. The molecule has 5 atom stereocenters. The highest BCUT2D eigenvalue weighted by Crippen LogP contribution is 2.42. The van der Waals surface area contributed by atoms with Crippen LogP contribution >= 0.6 is 0 Å². The monoisotopic (exact) mass is 278 g/mol. The van der Waals surface area contributed by atoms with E-state index in [0.29, 0.717) is 23.3 Å². The lowest BCUT2D eigenvalue weighted by molar-refractivity contribution is 0.0637. The molecule has 114 valence electrons. The van der Waals surface area contributed by atoms with Gasteiger partial charge in [-0.3, -0.25) is 4.90 Å². The standard InChI is InChI=1S/C17H30N2O/c1-12(20)14-7-8-19(11-14)16-9-15(17(2,3)4)6-5-13(16)10-18/h12-16,20H,5-9,11H2,1-4H3. The van der Waals surface area contributed by atoms with Crippen molar-refractivity contribution in [2.75, 3.05) is 13.1 Å². The smallest absolute Gasteiger partial charge is 0.0672 e. The van der Waals surface area contributed by atoms with Crippen LogP contribution in [0, 0.1) is 34.5 Å². The van der Waals surface area contributed by atoms with Gasteiger partial charge in [-0.1, -0.05) is 20.8 Å². The van der Waals surface area contributed by atoms with E-state index >= 15 is 0 Å². The van der Waals surface area contributed by atoms with Crippen LogP contribution < -0.4 is 0 Å². The maximum absolute atomic E-state index is 9.78. The molecule has 0 aromatic carbocycles. The van der Waals surface area contributed by atoms with Crippen molar-refractivity contribution in [1.29, 1.82) is 5.26 Å². The molecule has 1 N–H and O–H groups in total. The minimum atomic E-state index is -0.220. The van der Waals surface area contributed by atoms with Crippen LogP contribution in [0.4, 0.5) is 0 Å². The fourth-order valence-electron chi connectivity index (χ4n) is 4.00. The molecule has 1 saturated carbocycles. The topological polar surface area (TPSA) is 47.3 Å². The third-order valence-electron chi connectivity index (χ3n) is 5.61. The quantitative estimate of drug-likeness (QED) is 0.844. The molecule has 0 aromatic heterocycles. The highest BCUT2D eigenvalue weighted by atomic mass is 16.3. The summed E-state index contributed by atoms with van der Waals surface area (Å²) in [6.07, 6.45) is 4.23. The zero-order valence-electron chi connectivity index (χ0n) is 13.5. The highest BCUT2D eigenvalue weighted by Gasteiger charge is 2.41. The van der Waals surface area contributed by atoms with Crippen LogP contribution in [-0.4, -0.2) is 35.2 Å². The second kappa shape index (κ2) is 6.03. The van der Waals surface area contributed by atoms with E-state index in [-0.39, 0.29) is 12.0 Å². The van der Waals surface area contributed by atoms with Crippen molar-refractivity contribution in [2.45, 2.75) is 65.5 Å². The third-order valence-corrected chi connectivity index (χ3v) is 5.61. The second-order valence-corrected chi connectivity index (χ2v) is 7.96. The van der Waals surface area contributed by atoms with Gasteiger partial charge in [0.1, 0.15) is 0 Å². The van der Waals surface area contributed by atoms with Crippen LogP contribution in [0.2, 0.25) is 0 Å². The Labute approximate surface area is 124 Å². The first kappa shape index (κ1) is 15.8. The van der Waals surface area contributed by atoms with E-state index in [9.17, 15) is 10.4 Å². The zero-order chi connectivity index (χ0) is 14.9. The zero-order valence-corrected chi connectivity index (χ0v) is 13.5. The van der Waals surface area contributed by atoms with E-state index < -0.39 is 0 Å². The summed E-state index contributed by atoms with van der Waals surface area (Å²) in [6.45, 7) is 10.9. The van der Waals surface area contributed by atoms with Gasteiger partial charge in [-0.15, -0.1) is 0 Å². The van der Waals surface area contributed by atoms with Gasteiger partial charge >= 0.3 is 0 Å². The molecule has 1 aliphatic carbocycles. The molecule has 2 aliphatic rings. The van der Waals surface area contributed by atoms with Gasteiger partial charge in [0, 0.05) is 12.6 Å². The van der Waals surface area contributed by atoms with Gasteiger partial charge < -0.3 is 5.11 Å². The van der Waals surface area contributed by atoms with Gasteiger partial charge in [0.2, 0.25) is 0 Å². The summed E-state index contributed by atoms with van der Waals surface area (Å²) in [5.41, 5.74) is 0.335. The Morgan fingerprint density at radius 3 is 2.45 bits per heavy atom. The molecule has 1 aliphatic heterocycles. The number of hydrogen-bond acceptors (Lipinski definition) is 3. The lowest BCUT2D eigenvalue weighted by atomic mass is 9.68. The molecule has 2 rings (SSSR count). The molecule has 5 unspecified atom stereocenters. The number of aliphatic hydroxyl groups excluding tert-OH is 1. The predicted octanol–water partition coefficient (Wildman–Crippen LogP) is 3.04. The molecule has 0 radical (unpaired) electrons. The van der Waals surface area contributed by atoms with E-state index in [1.54, 1.807) is 0 Å². The molecular weight excluding hydrogens is 248 g/mol. The summed E-state index contributed by atoms with van der Waals surface area (Å²) >= 11 is 0. The highest BCUT2D eigenvalue weighted by molar-refractivity contribution is 5.01. The SMILES string of the molecule is CC(O)C1CCN(C2CC(C(C)(C)C)CCC2C#N)C1. The normalized spacial score (nSPS) is 37.6. The second-order valence-electron chi connectivity index (χ2n) is 7.96. The van der Waals surface area contributed by atoms with Crippen LogP contribution in [0.15, 0.2) is 0 Å². The van der Waals surface area contributed by atoms with Crippen molar-refractivity contribution < 1.29 is 5.11 Å². The molecule has 1 heterocycles. The Morgan fingerprint density at radius 1 is 1.25 bits per heavy atom. The van der Waals surface area contributed by atoms with Gasteiger partial charge in [0.15, 0.2) is 0 Å². The lowest BCUT2D eigenvalue weighted by Crippen LogP contribution is -2.45. The first-order chi connectivity index (χ1) is 9.32. The largest absolute Gasteiger partial charge is 0.393 e. The van der Waals surface area contributed by atoms with Crippen molar-refractivity contribution in [2.24, 2.45) is 23.2 Å². The first-order valence-corrected chi connectivity index (χ1v) is 8.14. The van der Waals surface area contributed by atoms with E-state index in [1.165, 1.54) is 6.42 Å². The van der Waals surface area contributed by atoms with Crippen molar-refractivity contribution in [3.63, 3.8) is 0 Å². The van der Waals surface area contributed by atoms with Crippen LogP contribution in [0.25, 0.3) is 0 Å². The van der Waals surface area contributed by atoms with Gasteiger partial charge in [0.05, 0.1) is 18.1 Å². The summed E-state index contributed by atoms with van der Waals surface area (Å²) in [6, 6.07) is 2.95. The molecule has 0 bridgehead atoms. The molecule has 0 amide bonds. The number of rotatable bonds is 2. The van der Waals surface area contributed by atoms with E-state index in [4.69, 9.17) is 0 Å². The fourth-order valence-corrected chi connectivity index (χ4v) is 4.00. The average molecular weight is 278 g/mol. The van der Waals surface area contributed by atoms with Crippen LogP contribution in [0.1, 0.15) is 53.4 Å². The molecule has 3 heteroatoms. The lowest BCUT2D eigenvalue weighted by Gasteiger charge is -2.43. The van der Waals surface area contributed by atoms with Crippen LogP contribution in [-0.2, 0) is 0 Å². The Morgan fingerprint density at radius 2 is 1.95 bits per heavy atom. The summed E-state index contributed by atoms with van der Waals surface area (Å²) in [4.78, 5) is 2.49. The number of likely N-dealkylation sites (tertiary alicyclic amines) is 1. The molecule has 20 heavy (non-hydrogen) atoms. The van der Waals surface area contributed by atoms with E-state index in [0.717, 1.165) is 32.4 Å². The van der Waals surface area contributed by atoms with Crippen LogP contribution in [0.3, 0.4) is 0 Å². The molecule has 1 saturated heterocycles. The fraction of sp³-hybridized carbons (Fsp3) is 0.941. The maximum atomic E-state index is 9.78. The number of hydrogen-bond donors (Lipinski definition) is 1. The van der Waals surface area contributed by atoms with E-state index in [2.05, 4.69) is 31.7 Å². The summed E-state index contributed by atoms with van der Waals surface area (Å²) in [5, 5.41) is 19.2. The molecule has 0 spiro atoms. The van der Waals surface area contributed by atoms with Gasteiger partial charge in [-0.25, -0.2) is 0 Å². The van der Waals surface area contributed by atoms with Gasteiger partial charge in [-0.2, -0.15) is 5.26 Å². The molecule has 2 fully saturated rings. The van der Waals surface area contributed by atoms with Crippen molar-refractivity contribution >= 4 is 0 Å². The summed E-state index contributed by atoms with van der Waals surface area (Å²) in [5.74, 6) is 1.29. The number of nitriles is 1. The van der Waals surface area contributed by atoms with E-state index in [1.807, 2.05) is 6.92 Å². The Balaban J connectivity index is 2.05. The molecule has 0 aromatic rings. The number of aliphatic hydroxyl groups is 1. The summed E-state index contributed by atoms with van der Waals surface area (Å²) < 4.78 is 0. The maximum Gasteiger partial charge on any atom is 0.0672 e. The third kappa shape index (κ3) is 3.35. The average Bonchev–Trinajstić information content (AvgIpc) is 2.86. The van der Waals surface area contributed by atoms with Crippen molar-refractivity contribution in [1.82, 2.24) is 4.90 Å². The Kier molecular flexibility index (Phi) is 4.76.